The molecule has 0 atom stereocenters. The van der Waals surface area contributed by atoms with Gasteiger partial charge in [-0.15, -0.1) is 0 Å². The van der Waals surface area contributed by atoms with E-state index in [0.717, 1.165) is 17.4 Å². The summed E-state index contributed by atoms with van der Waals surface area (Å²) in [5, 5.41) is 0. The zero-order chi connectivity index (χ0) is 4.12. The number of hydrogen-bond acceptors (Lipinski definition) is 3. The van der Waals surface area contributed by atoms with Crippen LogP contribution in [-0.4, -0.2) is 11.5 Å². The normalized spacial score (nSPS) is 7.40. The van der Waals surface area contributed by atoms with Gasteiger partial charge in [0, 0.05) is 5.88 Å². The molecule has 3 heteroatoms. The van der Waals surface area contributed by atoms with Gasteiger partial charge in [-0.25, -0.2) is 0 Å². The summed E-state index contributed by atoms with van der Waals surface area (Å²) in [6, 6.07) is 0. The Bertz CT molecular complexity index is 30.8. The first-order valence-electron chi connectivity index (χ1n) is 1.17. The second-order valence-electron chi connectivity index (χ2n) is 0.430. The maximum absolute atomic E-state index is 9.29. The summed E-state index contributed by atoms with van der Waals surface area (Å²) in [5.74, 6) is 0.392. The molecule has 0 rings (SSSR count). The van der Waals surface area contributed by atoms with E-state index in [0.29, 0.717) is 5.88 Å². The summed E-state index contributed by atoms with van der Waals surface area (Å²) in [6.45, 7) is 0. The molecule has 0 spiro atoms. The fourth-order valence-electron chi connectivity index (χ4n) is 0.0393. The van der Waals surface area contributed by atoms with Gasteiger partial charge in [0.05, 0.1) is 0 Å². The molecule has 2 nitrogen and oxygen atoms in total. The molecule has 0 fully saturated rings. The van der Waals surface area contributed by atoms with Gasteiger partial charge in [0.1, 0.15) is 0 Å². The van der Waals surface area contributed by atoms with Crippen LogP contribution in [0.15, 0.2) is 0 Å². The highest BCUT2D eigenvalue weighted by molar-refractivity contribution is 8.11. The van der Waals surface area contributed by atoms with Gasteiger partial charge in [-0.05, 0) is 0 Å². The molecule has 0 radical (unpaired) electrons. The van der Waals surface area contributed by atoms with Crippen molar-refractivity contribution in [3.8, 4) is 0 Å². The first kappa shape index (κ1) is 4.98. The highest BCUT2D eigenvalue weighted by Crippen LogP contribution is 1.80. The second kappa shape index (κ2) is 3.98. The maximum atomic E-state index is 9.29. The first-order chi connectivity index (χ1) is 2.41. The molecule has 0 aliphatic heterocycles. The average molecular weight is 91.1 g/mol. The fourth-order valence-corrected chi connectivity index (χ4v) is 0.118. The predicted molar refractivity (Wildman–Crippen MR) is 23.4 cm³/mol. The third kappa shape index (κ3) is 3.98. The van der Waals surface area contributed by atoms with E-state index in [1.54, 1.807) is 0 Å². The van der Waals surface area contributed by atoms with Crippen LogP contribution in [0.3, 0.4) is 0 Å². The Morgan fingerprint density at radius 1 is 2.00 bits per heavy atom. The predicted octanol–water partition coefficient (Wildman–Crippen LogP) is -0.174. The van der Waals surface area contributed by atoms with Gasteiger partial charge < -0.3 is 5.73 Å². The van der Waals surface area contributed by atoms with E-state index >= 15 is 0 Å². The third-order valence-corrected chi connectivity index (χ3v) is 0.493. The monoisotopic (exact) mass is 91.0 g/mol. The molecule has 5 heavy (non-hydrogen) atoms. The molecule has 0 unspecified atom stereocenters. The fraction of sp³-hybridized carbons (Fsp3) is 0.500. The first-order valence-corrected chi connectivity index (χ1v) is 2.22. The summed E-state index contributed by atoms with van der Waals surface area (Å²) in [6.07, 6.45) is 0. The smallest absolute Gasteiger partial charge is 0.177 e. The summed E-state index contributed by atoms with van der Waals surface area (Å²) in [7, 11) is 0. The van der Waals surface area contributed by atoms with E-state index in [2.05, 4.69) is 0 Å². The quantitative estimate of drug-likeness (QED) is 0.379. The summed E-state index contributed by atoms with van der Waals surface area (Å²) in [4.78, 5) is 9.29. The molecule has 0 aromatic heterocycles. The number of carbonyl (C=O) groups is 1. The number of thioether (sulfide) groups is 1. The minimum absolute atomic E-state index is 0.392. The maximum Gasteiger partial charge on any atom is 0.177 e. The van der Waals surface area contributed by atoms with Gasteiger partial charge in [-0.2, -0.15) is 0 Å². The van der Waals surface area contributed by atoms with E-state index in [-0.39, 0.29) is 0 Å². The molecule has 0 aromatic rings. The van der Waals surface area contributed by atoms with Crippen LogP contribution in [-0.2, 0) is 4.79 Å². The van der Waals surface area contributed by atoms with Gasteiger partial charge in [0.15, 0.2) is 5.62 Å². The Hall–Kier alpha value is -0.0200. The van der Waals surface area contributed by atoms with Gasteiger partial charge in [-0.3, -0.25) is 4.79 Å². The van der Waals surface area contributed by atoms with Crippen molar-refractivity contribution in [2.45, 2.75) is 0 Å². The van der Waals surface area contributed by atoms with Crippen molar-refractivity contribution in [2.24, 2.45) is 5.73 Å². The Morgan fingerprint density at radius 3 is 2.60 bits per heavy atom. The van der Waals surface area contributed by atoms with Gasteiger partial charge in [0.25, 0.3) is 0 Å². The standard InChI is InChI=1S/C2H5NOS/c3-1-5-2-4/h2H,1,3H2. The van der Waals surface area contributed by atoms with Crippen molar-refractivity contribution in [3.05, 3.63) is 0 Å². The van der Waals surface area contributed by atoms with Crippen molar-refractivity contribution in [2.75, 3.05) is 5.88 Å². The molecular weight excluding hydrogens is 86.1 g/mol. The summed E-state index contributed by atoms with van der Waals surface area (Å²) >= 11 is 1.06. The molecule has 0 bridgehead atoms. The van der Waals surface area contributed by atoms with Crippen molar-refractivity contribution >= 4 is 17.4 Å². The molecule has 2 N–H and O–H groups in total. The number of hydrogen-bond donors (Lipinski definition) is 1. The Kier molecular flexibility index (Phi) is 3.96. The molecule has 0 amide bonds. The number of nitrogens with two attached hydrogens (primary N) is 1. The lowest BCUT2D eigenvalue weighted by Gasteiger charge is -1.70. The lowest BCUT2D eigenvalue weighted by molar-refractivity contribution is 0.570. The molecule has 0 heterocycles. The number of rotatable bonds is 2. The third-order valence-electron chi connectivity index (χ3n) is 0.164. The van der Waals surface area contributed by atoms with E-state index in [9.17, 15) is 4.79 Å². The zero-order valence-electron chi connectivity index (χ0n) is 2.68. The Labute approximate surface area is 34.7 Å². The van der Waals surface area contributed by atoms with Crippen LogP contribution >= 0.6 is 11.8 Å². The second-order valence-corrected chi connectivity index (χ2v) is 1.29. The van der Waals surface area contributed by atoms with Gasteiger partial charge >= 0.3 is 0 Å². The van der Waals surface area contributed by atoms with Crippen molar-refractivity contribution in [1.29, 1.82) is 0 Å². The highest BCUT2D eigenvalue weighted by Gasteiger charge is 1.65. The van der Waals surface area contributed by atoms with E-state index in [1.165, 1.54) is 0 Å². The lowest BCUT2D eigenvalue weighted by Crippen LogP contribution is -1.90. The summed E-state index contributed by atoms with van der Waals surface area (Å²) < 4.78 is 0. The minimum atomic E-state index is 0.392. The van der Waals surface area contributed by atoms with Crippen LogP contribution in [0.25, 0.3) is 0 Å². The van der Waals surface area contributed by atoms with Crippen LogP contribution in [0.1, 0.15) is 0 Å². The van der Waals surface area contributed by atoms with E-state index < -0.39 is 0 Å². The summed E-state index contributed by atoms with van der Waals surface area (Å²) in [5.41, 5.74) is 5.59. The van der Waals surface area contributed by atoms with Gasteiger partial charge in [-0.1, -0.05) is 11.8 Å². The molecule has 30 valence electrons. The topological polar surface area (TPSA) is 43.1 Å². The number of carbonyl (C=O) groups excluding carboxylic acids is 1. The lowest BCUT2D eigenvalue weighted by atomic mass is 11.5. The van der Waals surface area contributed by atoms with Crippen LogP contribution in [0.2, 0.25) is 0 Å². The Balaban J connectivity index is 2.40. The molecule has 0 aliphatic rings. The molecule has 0 saturated heterocycles. The highest BCUT2D eigenvalue weighted by atomic mass is 32.2. The van der Waals surface area contributed by atoms with E-state index in [1.807, 2.05) is 0 Å². The molecule has 0 saturated carbocycles. The van der Waals surface area contributed by atoms with Gasteiger partial charge in [0.2, 0.25) is 0 Å². The van der Waals surface area contributed by atoms with Crippen LogP contribution in [0.4, 0.5) is 0 Å². The molecule has 0 aliphatic carbocycles. The van der Waals surface area contributed by atoms with Crippen molar-refractivity contribution < 1.29 is 4.79 Å². The Morgan fingerprint density at radius 2 is 2.60 bits per heavy atom. The largest absolute Gasteiger partial charge is 0.322 e. The van der Waals surface area contributed by atoms with Crippen molar-refractivity contribution in [1.82, 2.24) is 0 Å². The van der Waals surface area contributed by atoms with Crippen LogP contribution < -0.4 is 5.73 Å². The SMILES string of the molecule is NCSC=O. The average Bonchev–Trinajstić information content (AvgIpc) is 1.41. The van der Waals surface area contributed by atoms with Crippen LogP contribution in [0, 0.1) is 0 Å². The van der Waals surface area contributed by atoms with E-state index in [4.69, 9.17) is 5.73 Å². The molecular formula is C2H5NOS. The minimum Gasteiger partial charge on any atom is -0.322 e. The zero-order valence-corrected chi connectivity index (χ0v) is 3.49. The van der Waals surface area contributed by atoms with Crippen molar-refractivity contribution in [3.63, 3.8) is 0 Å². The molecule has 0 aromatic carbocycles. The van der Waals surface area contributed by atoms with Crippen LogP contribution in [0.5, 0.6) is 0 Å².